The van der Waals surface area contributed by atoms with Crippen molar-refractivity contribution in [2.45, 2.75) is 20.8 Å². The van der Waals surface area contributed by atoms with E-state index in [0.717, 1.165) is 5.69 Å². The smallest absolute Gasteiger partial charge is 0.338 e. The number of rotatable bonds is 3. The second-order valence-electron chi connectivity index (χ2n) is 4.86. The number of pyridine rings is 1. The van der Waals surface area contributed by atoms with Crippen LogP contribution in [0.5, 0.6) is 0 Å². The molecule has 1 aromatic heterocycles. The highest BCUT2D eigenvalue weighted by Gasteiger charge is 2.12. The number of nitriles is 1. The summed E-state index contributed by atoms with van der Waals surface area (Å²) in [6.45, 7) is 5.59. The normalized spacial score (nSPS) is 10.1. The molecule has 0 aliphatic rings. The average Bonchev–Trinajstić information content (AvgIpc) is 2.48. The van der Waals surface area contributed by atoms with Gasteiger partial charge in [0.25, 0.3) is 5.56 Å². The maximum absolute atomic E-state index is 12.4. The van der Waals surface area contributed by atoms with Crippen LogP contribution in [0.25, 0.3) is 5.69 Å². The van der Waals surface area contributed by atoms with Crippen molar-refractivity contribution >= 4 is 5.97 Å². The van der Waals surface area contributed by atoms with Crippen LogP contribution in [0, 0.1) is 25.2 Å². The number of ether oxygens (including phenoxy) is 1. The van der Waals surface area contributed by atoms with Gasteiger partial charge in [-0.15, -0.1) is 0 Å². The molecule has 5 heteroatoms. The molecule has 0 unspecified atom stereocenters. The van der Waals surface area contributed by atoms with Gasteiger partial charge in [0.2, 0.25) is 0 Å². The van der Waals surface area contributed by atoms with Gasteiger partial charge in [-0.25, -0.2) is 4.79 Å². The Kier molecular flexibility index (Phi) is 4.42. The number of aromatic nitrogens is 1. The Balaban J connectivity index is 2.52. The third kappa shape index (κ3) is 2.77. The summed E-state index contributed by atoms with van der Waals surface area (Å²) in [5, 5.41) is 9.11. The van der Waals surface area contributed by atoms with Crippen molar-refractivity contribution in [3.8, 4) is 11.8 Å². The van der Waals surface area contributed by atoms with E-state index in [9.17, 15) is 9.59 Å². The molecule has 0 spiro atoms. The number of hydrogen-bond donors (Lipinski definition) is 0. The van der Waals surface area contributed by atoms with E-state index in [-0.39, 0.29) is 11.1 Å². The standard InChI is InChI=1S/C17H16N2O3/c1-4-22-17(21)13-5-7-14(8-6-13)19-12(3)9-11(2)15(10-18)16(19)20/h5-9H,4H2,1-3H3. The van der Waals surface area contributed by atoms with Crippen molar-refractivity contribution < 1.29 is 9.53 Å². The van der Waals surface area contributed by atoms with Crippen LogP contribution in [0.4, 0.5) is 0 Å². The van der Waals surface area contributed by atoms with E-state index in [4.69, 9.17) is 10.00 Å². The van der Waals surface area contributed by atoms with Crippen molar-refractivity contribution in [1.29, 1.82) is 5.26 Å². The van der Waals surface area contributed by atoms with E-state index in [1.807, 2.05) is 6.07 Å². The Bertz CT molecular complexity index is 812. The molecule has 0 bridgehead atoms. The van der Waals surface area contributed by atoms with E-state index in [2.05, 4.69) is 0 Å². The summed E-state index contributed by atoms with van der Waals surface area (Å²) >= 11 is 0. The molecule has 112 valence electrons. The predicted molar refractivity (Wildman–Crippen MR) is 82.2 cm³/mol. The summed E-state index contributed by atoms with van der Waals surface area (Å²) < 4.78 is 6.38. The van der Waals surface area contributed by atoms with Gasteiger partial charge in [-0.2, -0.15) is 5.26 Å². The van der Waals surface area contributed by atoms with Crippen molar-refractivity contribution in [1.82, 2.24) is 4.57 Å². The first-order valence-electron chi connectivity index (χ1n) is 6.90. The third-order valence-corrected chi connectivity index (χ3v) is 3.34. The van der Waals surface area contributed by atoms with Gasteiger partial charge in [-0.05, 0) is 56.7 Å². The molecule has 0 saturated carbocycles. The van der Waals surface area contributed by atoms with E-state index in [1.165, 1.54) is 4.57 Å². The van der Waals surface area contributed by atoms with Crippen LogP contribution in [0.3, 0.4) is 0 Å². The first-order chi connectivity index (χ1) is 10.5. The molecule has 5 nitrogen and oxygen atoms in total. The predicted octanol–water partition coefficient (Wildman–Crippen LogP) is 2.50. The SMILES string of the molecule is CCOC(=O)c1ccc(-n2c(C)cc(C)c(C#N)c2=O)cc1. The van der Waals surface area contributed by atoms with E-state index >= 15 is 0 Å². The summed E-state index contributed by atoms with van der Waals surface area (Å²) in [6, 6.07) is 10.3. The van der Waals surface area contributed by atoms with Crippen molar-refractivity contribution in [3.05, 3.63) is 63.1 Å². The molecule has 0 atom stereocenters. The number of benzene rings is 1. The maximum Gasteiger partial charge on any atom is 0.338 e. The summed E-state index contributed by atoms with van der Waals surface area (Å²) in [6.07, 6.45) is 0. The van der Waals surface area contributed by atoms with Gasteiger partial charge < -0.3 is 4.74 Å². The molecule has 0 amide bonds. The fourth-order valence-electron chi connectivity index (χ4n) is 2.31. The van der Waals surface area contributed by atoms with Crippen molar-refractivity contribution in [3.63, 3.8) is 0 Å². The fraction of sp³-hybridized carbons (Fsp3) is 0.235. The summed E-state index contributed by atoms with van der Waals surface area (Å²) in [5.41, 5.74) is 2.18. The van der Waals surface area contributed by atoms with E-state index in [0.29, 0.717) is 23.4 Å². The van der Waals surface area contributed by atoms with Crippen LogP contribution < -0.4 is 5.56 Å². The summed E-state index contributed by atoms with van der Waals surface area (Å²) in [4.78, 5) is 24.0. The molecule has 2 rings (SSSR count). The van der Waals surface area contributed by atoms with Crippen molar-refractivity contribution in [2.24, 2.45) is 0 Å². The minimum Gasteiger partial charge on any atom is -0.462 e. The number of carbonyl (C=O) groups is 1. The van der Waals surface area contributed by atoms with Crippen LogP contribution >= 0.6 is 0 Å². The first kappa shape index (κ1) is 15.5. The van der Waals surface area contributed by atoms with Gasteiger partial charge in [0.1, 0.15) is 11.6 Å². The fourth-order valence-corrected chi connectivity index (χ4v) is 2.31. The second-order valence-corrected chi connectivity index (χ2v) is 4.86. The van der Waals surface area contributed by atoms with E-state index < -0.39 is 5.97 Å². The zero-order chi connectivity index (χ0) is 16.3. The van der Waals surface area contributed by atoms with Gasteiger partial charge >= 0.3 is 5.97 Å². The lowest BCUT2D eigenvalue weighted by molar-refractivity contribution is 0.0526. The lowest BCUT2D eigenvalue weighted by atomic mass is 10.1. The number of nitrogens with zero attached hydrogens (tertiary/aromatic N) is 2. The molecule has 0 N–H and O–H groups in total. The number of esters is 1. The maximum atomic E-state index is 12.4. The van der Waals surface area contributed by atoms with Crippen LogP contribution in [-0.2, 0) is 4.74 Å². The number of hydrogen-bond acceptors (Lipinski definition) is 4. The number of aryl methyl sites for hydroxylation is 2. The lowest BCUT2D eigenvalue weighted by Gasteiger charge is -2.12. The van der Waals surface area contributed by atoms with Gasteiger partial charge in [-0.3, -0.25) is 9.36 Å². The summed E-state index contributed by atoms with van der Waals surface area (Å²) in [7, 11) is 0. The largest absolute Gasteiger partial charge is 0.462 e. The second kappa shape index (κ2) is 6.27. The zero-order valence-corrected chi connectivity index (χ0v) is 12.7. The Labute approximate surface area is 128 Å². The molecule has 0 saturated heterocycles. The molecule has 0 radical (unpaired) electrons. The van der Waals surface area contributed by atoms with Crippen LogP contribution in [0.2, 0.25) is 0 Å². The highest BCUT2D eigenvalue weighted by Crippen LogP contribution is 2.13. The van der Waals surface area contributed by atoms with Gasteiger partial charge in [0.05, 0.1) is 12.2 Å². The highest BCUT2D eigenvalue weighted by molar-refractivity contribution is 5.89. The van der Waals surface area contributed by atoms with Crippen LogP contribution in [0.15, 0.2) is 35.1 Å². The molecule has 1 aromatic carbocycles. The summed E-state index contributed by atoms with van der Waals surface area (Å²) in [5.74, 6) is -0.403. The topological polar surface area (TPSA) is 72.1 Å². The third-order valence-electron chi connectivity index (χ3n) is 3.34. The van der Waals surface area contributed by atoms with Gasteiger partial charge in [0, 0.05) is 11.4 Å². The Hall–Kier alpha value is -2.87. The van der Waals surface area contributed by atoms with Gasteiger partial charge in [0.15, 0.2) is 0 Å². The first-order valence-corrected chi connectivity index (χ1v) is 6.90. The molecular formula is C17H16N2O3. The Morgan fingerprint density at radius 3 is 2.45 bits per heavy atom. The molecule has 1 heterocycles. The minimum atomic E-state index is -0.403. The quantitative estimate of drug-likeness (QED) is 0.816. The van der Waals surface area contributed by atoms with E-state index in [1.54, 1.807) is 51.1 Å². The lowest BCUT2D eigenvalue weighted by Crippen LogP contribution is -2.24. The molecule has 22 heavy (non-hydrogen) atoms. The van der Waals surface area contributed by atoms with Gasteiger partial charge in [-0.1, -0.05) is 0 Å². The molecule has 0 aliphatic carbocycles. The molecule has 2 aromatic rings. The van der Waals surface area contributed by atoms with Crippen LogP contribution in [-0.4, -0.2) is 17.1 Å². The van der Waals surface area contributed by atoms with Crippen LogP contribution in [0.1, 0.15) is 34.1 Å². The monoisotopic (exact) mass is 296 g/mol. The number of carbonyl (C=O) groups excluding carboxylic acids is 1. The Morgan fingerprint density at radius 2 is 1.91 bits per heavy atom. The Morgan fingerprint density at radius 1 is 1.27 bits per heavy atom. The van der Waals surface area contributed by atoms with Crippen molar-refractivity contribution in [2.75, 3.05) is 6.61 Å². The minimum absolute atomic E-state index is 0.125. The average molecular weight is 296 g/mol. The molecular weight excluding hydrogens is 280 g/mol. The highest BCUT2D eigenvalue weighted by atomic mass is 16.5. The zero-order valence-electron chi connectivity index (χ0n) is 12.7. The molecule has 0 aliphatic heterocycles. The molecule has 0 fully saturated rings.